The number of anilines is 2. The quantitative estimate of drug-likeness (QED) is 0.839. The predicted octanol–water partition coefficient (Wildman–Crippen LogP) is 2.52. The van der Waals surface area contributed by atoms with Crippen molar-refractivity contribution in [2.45, 2.75) is 0 Å². The summed E-state index contributed by atoms with van der Waals surface area (Å²) in [5.41, 5.74) is 0.850. The SMILES string of the molecule is CS(=O)(=O)N1CCOc2ccc(NC(=O)COc3ccc(Cl)cc3)cc21. The van der Waals surface area contributed by atoms with Crippen LogP contribution in [-0.4, -0.2) is 40.3 Å². The van der Waals surface area contributed by atoms with Crippen LogP contribution in [0.15, 0.2) is 42.5 Å². The summed E-state index contributed by atoms with van der Waals surface area (Å²) < 4.78 is 35.9. The lowest BCUT2D eigenvalue weighted by atomic mass is 10.2. The van der Waals surface area contributed by atoms with E-state index < -0.39 is 10.0 Å². The fourth-order valence-electron chi connectivity index (χ4n) is 2.49. The van der Waals surface area contributed by atoms with Crippen molar-refractivity contribution < 1.29 is 22.7 Å². The van der Waals surface area contributed by atoms with Crippen LogP contribution in [0.25, 0.3) is 0 Å². The molecule has 1 heterocycles. The van der Waals surface area contributed by atoms with Crippen LogP contribution >= 0.6 is 11.6 Å². The van der Waals surface area contributed by atoms with Gasteiger partial charge in [0.25, 0.3) is 5.91 Å². The second kappa shape index (κ2) is 7.43. The molecule has 7 nitrogen and oxygen atoms in total. The predicted molar refractivity (Wildman–Crippen MR) is 99.7 cm³/mol. The summed E-state index contributed by atoms with van der Waals surface area (Å²) in [7, 11) is -3.43. The molecule has 0 unspecified atom stereocenters. The monoisotopic (exact) mass is 396 g/mol. The Kier molecular flexibility index (Phi) is 5.24. The first kappa shape index (κ1) is 18.3. The molecule has 1 aliphatic rings. The molecule has 138 valence electrons. The number of carbonyl (C=O) groups is 1. The summed E-state index contributed by atoms with van der Waals surface area (Å²) in [6, 6.07) is 11.5. The molecule has 2 aromatic carbocycles. The molecule has 0 radical (unpaired) electrons. The number of hydrogen-bond donors (Lipinski definition) is 1. The lowest BCUT2D eigenvalue weighted by molar-refractivity contribution is -0.118. The second-order valence-electron chi connectivity index (χ2n) is 5.66. The number of ether oxygens (including phenoxy) is 2. The molecule has 0 spiro atoms. The van der Waals surface area contributed by atoms with Crippen LogP contribution in [0.4, 0.5) is 11.4 Å². The van der Waals surface area contributed by atoms with Gasteiger partial charge in [0.05, 0.1) is 18.5 Å². The largest absolute Gasteiger partial charge is 0.489 e. The van der Waals surface area contributed by atoms with E-state index >= 15 is 0 Å². The van der Waals surface area contributed by atoms with Crippen LogP contribution in [0.2, 0.25) is 5.02 Å². The molecule has 0 bridgehead atoms. The van der Waals surface area contributed by atoms with E-state index in [4.69, 9.17) is 21.1 Å². The van der Waals surface area contributed by atoms with Gasteiger partial charge in [0, 0.05) is 10.7 Å². The van der Waals surface area contributed by atoms with Gasteiger partial charge in [-0.15, -0.1) is 0 Å². The summed E-state index contributed by atoms with van der Waals surface area (Å²) in [6.45, 7) is 0.314. The number of sulfonamides is 1. The standard InChI is InChI=1S/C17H17ClN2O5S/c1-26(22,23)20-8-9-24-16-7-4-13(10-15(16)20)19-17(21)11-25-14-5-2-12(18)3-6-14/h2-7,10H,8-9,11H2,1H3,(H,19,21). The maximum atomic E-state index is 12.1. The van der Waals surface area contributed by atoms with Gasteiger partial charge in [-0.1, -0.05) is 11.6 Å². The number of halogens is 1. The normalized spacial score (nSPS) is 13.5. The highest BCUT2D eigenvalue weighted by molar-refractivity contribution is 7.92. The first-order chi connectivity index (χ1) is 12.3. The highest BCUT2D eigenvalue weighted by Gasteiger charge is 2.25. The summed E-state index contributed by atoms with van der Waals surface area (Å²) in [4.78, 5) is 12.1. The van der Waals surface area contributed by atoms with Crippen LogP contribution in [-0.2, 0) is 14.8 Å². The topological polar surface area (TPSA) is 84.9 Å². The first-order valence-electron chi connectivity index (χ1n) is 7.76. The number of rotatable bonds is 5. The van der Waals surface area contributed by atoms with Crippen molar-refractivity contribution in [2.24, 2.45) is 0 Å². The van der Waals surface area contributed by atoms with Crippen LogP contribution in [0, 0.1) is 0 Å². The smallest absolute Gasteiger partial charge is 0.262 e. The highest BCUT2D eigenvalue weighted by Crippen LogP contribution is 2.35. The summed E-state index contributed by atoms with van der Waals surface area (Å²) in [5.74, 6) is 0.603. The number of benzene rings is 2. The Morgan fingerprint density at radius 1 is 1.27 bits per heavy atom. The van der Waals surface area contributed by atoms with E-state index in [2.05, 4.69) is 5.32 Å². The van der Waals surface area contributed by atoms with Crippen molar-refractivity contribution in [2.75, 3.05) is 35.6 Å². The van der Waals surface area contributed by atoms with E-state index in [1.54, 1.807) is 42.5 Å². The summed E-state index contributed by atoms with van der Waals surface area (Å²) in [5, 5.41) is 3.26. The molecule has 0 aromatic heterocycles. The van der Waals surface area contributed by atoms with Gasteiger partial charge < -0.3 is 14.8 Å². The molecular formula is C17H17ClN2O5S. The van der Waals surface area contributed by atoms with Crippen molar-refractivity contribution in [3.63, 3.8) is 0 Å². The zero-order chi connectivity index (χ0) is 18.7. The van der Waals surface area contributed by atoms with Crippen molar-refractivity contribution in [1.29, 1.82) is 0 Å². The van der Waals surface area contributed by atoms with E-state index in [1.807, 2.05) is 0 Å². The summed E-state index contributed by atoms with van der Waals surface area (Å²) in [6.07, 6.45) is 1.13. The van der Waals surface area contributed by atoms with Crippen LogP contribution < -0.4 is 19.1 Å². The fourth-order valence-corrected chi connectivity index (χ4v) is 3.52. The van der Waals surface area contributed by atoms with E-state index in [1.165, 1.54) is 4.31 Å². The maximum Gasteiger partial charge on any atom is 0.262 e. The van der Waals surface area contributed by atoms with Gasteiger partial charge in [-0.05, 0) is 42.5 Å². The second-order valence-corrected chi connectivity index (χ2v) is 8.00. The van der Waals surface area contributed by atoms with E-state index in [0.29, 0.717) is 27.9 Å². The minimum atomic E-state index is -3.43. The Balaban J connectivity index is 1.68. The number of fused-ring (bicyclic) bond motifs is 1. The Hall–Kier alpha value is -2.45. The molecule has 26 heavy (non-hydrogen) atoms. The lowest BCUT2D eigenvalue weighted by Crippen LogP contribution is -2.37. The molecule has 0 aliphatic carbocycles. The van der Waals surface area contributed by atoms with E-state index in [0.717, 1.165) is 6.26 Å². The van der Waals surface area contributed by atoms with E-state index in [-0.39, 0.29) is 25.7 Å². The van der Waals surface area contributed by atoms with Crippen LogP contribution in [0.5, 0.6) is 11.5 Å². The Labute approximate surface area is 156 Å². The van der Waals surface area contributed by atoms with Gasteiger partial charge in [0.15, 0.2) is 6.61 Å². The maximum absolute atomic E-state index is 12.1. The third kappa shape index (κ3) is 4.39. The third-order valence-electron chi connectivity index (χ3n) is 3.65. The number of nitrogens with zero attached hydrogens (tertiary/aromatic N) is 1. The van der Waals surface area contributed by atoms with Gasteiger partial charge in [-0.3, -0.25) is 9.10 Å². The van der Waals surface area contributed by atoms with Gasteiger partial charge in [0.1, 0.15) is 18.1 Å². The van der Waals surface area contributed by atoms with Crippen molar-refractivity contribution in [3.05, 3.63) is 47.5 Å². The zero-order valence-corrected chi connectivity index (χ0v) is 15.5. The van der Waals surface area contributed by atoms with Gasteiger partial charge >= 0.3 is 0 Å². The Morgan fingerprint density at radius 3 is 2.69 bits per heavy atom. The average molecular weight is 397 g/mol. The van der Waals surface area contributed by atoms with Gasteiger partial charge in [-0.2, -0.15) is 0 Å². The van der Waals surface area contributed by atoms with Gasteiger partial charge in [-0.25, -0.2) is 8.42 Å². The molecule has 1 N–H and O–H groups in total. The zero-order valence-electron chi connectivity index (χ0n) is 13.9. The molecule has 2 aromatic rings. The van der Waals surface area contributed by atoms with Crippen molar-refractivity contribution in [1.82, 2.24) is 0 Å². The van der Waals surface area contributed by atoms with Crippen molar-refractivity contribution >= 4 is 38.9 Å². The van der Waals surface area contributed by atoms with Crippen LogP contribution in [0.1, 0.15) is 0 Å². The van der Waals surface area contributed by atoms with Crippen LogP contribution in [0.3, 0.4) is 0 Å². The van der Waals surface area contributed by atoms with Crippen molar-refractivity contribution in [3.8, 4) is 11.5 Å². The molecule has 1 aliphatic heterocycles. The minimum absolute atomic E-state index is 0.189. The number of nitrogens with one attached hydrogen (secondary N) is 1. The number of hydrogen-bond acceptors (Lipinski definition) is 5. The third-order valence-corrected chi connectivity index (χ3v) is 5.08. The fraction of sp³-hybridized carbons (Fsp3) is 0.235. The molecule has 0 saturated heterocycles. The highest BCUT2D eigenvalue weighted by atomic mass is 35.5. The summed E-state index contributed by atoms with van der Waals surface area (Å²) >= 11 is 5.79. The molecule has 3 rings (SSSR count). The van der Waals surface area contributed by atoms with Gasteiger partial charge in [0.2, 0.25) is 10.0 Å². The molecule has 0 saturated carbocycles. The molecule has 0 fully saturated rings. The average Bonchev–Trinajstić information content (AvgIpc) is 2.60. The minimum Gasteiger partial charge on any atom is -0.489 e. The first-order valence-corrected chi connectivity index (χ1v) is 9.98. The Morgan fingerprint density at radius 2 is 2.00 bits per heavy atom. The number of amides is 1. The molecule has 0 atom stereocenters. The molecular weight excluding hydrogens is 380 g/mol. The molecule has 9 heteroatoms. The van der Waals surface area contributed by atoms with E-state index in [9.17, 15) is 13.2 Å². The molecule has 1 amide bonds. The lowest BCUT2D eigenvalue weighted by Gasteiger charge is -2.29. The number of carbonyl (C=O) groups excluding carboxylic acids is 1. The Bertz CT molecular complexity index is 915.